The Morgan fingerprint density at radius 2 is 2.29 bits per heavy atom. The van der Waals surface area contributed by atoms with Gasteiger partial charge in [0.1, 0.15) is 11.5 Å². The number of allylic oxidation sites excluding steroid dienone is 2. The number of aliphatic hydroxyl groups excluding tert-OH is 1. The lowest BCUT2D eigenvalue weighted by molar-refractivity contribution is -0.127. The van der Waals surface area contributed by atoms with Crippen LogP contribution in [0.5, 0.6) is 0 Å². The molecule has 0 spiro atoms. The first kappa shape index (κ1) is 9.27. The largest absolute Gasteiger partial charge is 0.392 e. The van der Waals surface area contributed by atoms with Crippen LogP contribution < -0.4 is 0 Å². The fourth-order valence-electron chi connectivity index (χ4n) is 2.07. The van der Waals surface area contributed by atoms with Gasteiger partial charge >= 0.3 is 0 Å². The first-order chi connectivity index (χ1) is 6.72. The van der Waals surface area contributed by atoms with Crippen LogP contribution in [0.15, 0.2) is 29.1 Å². The zero-order chi connectivity index (χ0) is 10.1. The van der Waals surface area contributed by atoms with Gasteiger partial charge in [0, 0.05) is 18.3 Å². The number of carbonyl (C=O) groups is 1. The fourth-order valence-corrected chi connectivity index (χ4v) is 2.07. The second-order valence-electron chi connectivity index (χ2n) is 3.72. The summed E-state index contributed by atoms with van der Waals surface area (Å²) in [4.78, 5) is 21.8. The van der Waals surface area contributed by atoms with Crippen molar-refractivity contribution >= 4 is 5.78 Å². The number of hydrogen-bond donors (Lipinski definition) is 1. The summed E-state index contributed by atoms with van der Waals surface area (Å²) in [6.07, 6.45) is 5.19. The highest BCUT2D eigenvalue weighted by Gasteiger charge is 2.36. The minimum atomic E-state index is -0.528. The van der Waals surface area contributed by atoms with Gasteiger partial charge in [0.15, 0.2) is 0 Å². The van der Waals surface area contributed by atoms with E-state index in [1.807, 2.05) is 0 Å². The van der Waals surface area contributed by atoms with Crippen LogP contribution in [-0.4, -0.2) is 17.0 Å². The normalized spacial score (nSPS) is 36.2. The molecule has 0 aromatic rings. The lowest BCUT2D eigenvalue weighted by Gasteiger charge is -2.32. The van der Waals surface area contributed by atoms with Crippen molar-refractivity contribution in [2.45, 2.75) is 18.9 Å². The summed E-state index contributed by atoms with van der Waals surface area (Å²) in [5.74, 6) is -0.379. The molecule has 1 N–H and O–H groups in total. The Kier molecular flexibility index (Phi) is 2.29. The predicted molar refractivity (Wildman–Crippen MR) is 50.2 cm³/mol. The number of nitrogens with zero attached hydrogens (tertiary/aromatic N) is 1. The molecule has 0 amide bonds. The van der Waals surface area contributed by atoms with E-state index in [2.05, 4.69) is 5.18 Å². The molecule has 0 aromatic carbocycles. The van der Waals surface area contributed by atoms with Crippen molar-refractivity contribution in [2.24, 2.45) is 17.0 Å². The van der Waals surface area contributed by atoms with Gasteiger partial charge in [-0.15, -0.1) is 4.91 Å². The summed E-state index contributed by atoms with van der Waals surface area (Å²) in [5.41, 5.74) is 0.306. The van der Waals surface area contributed by atoms with Gasteiger partial charge < -0.3 is 5.11 Å². The number of fused-ring (bicyclic) bond motifs is 1. The monoisotopic (exact) mass is 193 g/mol. The van der Waals surface area contributed by atoms with Gasteiger partial charge in [0.2, 0.25) is 0 Å². The van der Waals surface area contributed by atoms with Crippen LogP contribution in [0.25, 0.3) is 0 Å². The third-order valence-electron chi connectivity index (χ3n) is 2.86. The lowest BCUT2D eigenvalue weighted by atomic mass is 9.74. The zero-order valence-corrected chi connectivity index (χ0v) is 7.59. The lowest BCUT2D eigenvalue weighted by Crippen LogP contribution is -2.37. The molecule has 2 rings (SSSR count). The standard InChI is InChI=1S/C10H11NO3/c12-9-3-4-10(13)8-5-6(11-14)1-2-7(8)9/h1-2,5,7-8,10,13H,3-4H2. The van der Waals surface area contributed by atoms with Crippen LogP contribution in [-0.2, 0) is 4.79 Å². The van der Waals surface area contributed by atoms with Crippen molar-refractivity contribution < 1.29 is 9.90 Å². The number of hydrogen-bond acceptors (Lipinski definition) is 4. The summed E-state index contributed by atoms with van der Waals surface area (Å²) in [6, 6.07) is 0. The summed E-state index contributed by atoms with van der Waals surface area (Å²) in [7, 11) is 0. The molecule has 14 heavy (non-hydrogen) atoms. The molecular weight excluding hydrogens is 182 g/mol. The van der Waals surface area contributed by atoms with E-state index in [9.17, 15) is 14.8 Å². The minimum Gasteiger partial charge on any atom is -0.392 e. The van der Waals surface area contributed by atoms with Crippen LogP contribution >= 0.6 is 0 Å². The number of nitroso groups, excluding NO2 is 1. The highest BCUT2D eigenvalue weighted by atomic mass is 16.3. The van der Waals surface area contributed by atoms with Crippen molar-refractivity contribution in [3.05, 3.63) is 28.8 Å². The second-order valence-corrected chi connectivity index (χ2v) is 3.72. The van der Waals surface area contributed by atoms with Gasteiger partial charge in [0.25, 0.3) is 0 Å². The SMILES string of the molecule is O=NC1=CC2C(O)CCC(=O)C2C=C1. The Labute approximate surface area is 81.3 Å². The van der Waals surface area contributed by atoms with Crippen LogP contribution in [0.3, 0.4) is 0 Å². The maximum absolute atomic E-state index is 11.5. The molecule has 0 radical (unpaired) electrons. The summed E-state index contributed by atoms with van der Waals surface area (Å²) in [5, 5.41) is 12.5. The molecular formula is C10H11NO3. The highest BCUT2D eigenvalue weighted by Crippen LogP contribution is 2.33. The molecule has 4 heteroatoms. The average molecular weight is 193 g/mol. The Bertz CT molecular complexity index is 332. The van der Waals surface area contributed by atoms with Crippen molar-refractivity contribution in [2.75, 3.05) is 0 Å². The highest BCUT2D eigenvalue weighted by molar-refractivity contribution is 5.84. The van der Waals surface area contributed by atoms with Crippen LogP contribution in [0.4, 0.5) is 0 Å². The van der Waals surface area contributed by atoms with Gasteiger partial charge in [-0.05, 0) is 23.7 Å². The number of ketones is 1. The predicted octanol–water partition coefficient (Wildman–Crippen LogP) is 1.16. The van der Waals surface area contributed by atoms with Crippen molar-refractivity contribution in [1.82, 2.24) is 0 Å². The smallest absolute Gasteiger partial charge is 0.140 e. The summed E-state index contributed by atoms with van der Waals surface area (Å²) >= 11 is 0. The molecule has 2 aliphatic rings. The van der Waals surface area contributed by atoms with E-state index in [0.29, 0.717) is 18.5 Å². The van der Waals surface area contributed by atoms with Crippen LogP contribution in [0.1, 0.15) is 12.8 Å². The van der Waals surface area contributed by atoms with Crippen molar-refractivity contribution in [3.8, 4) is 0 Å². The molecule has 2 aliphatic carbocycles. The molecule has 0 aromatic heterocycles. The Morgan fingerprint density at radius 3 is 3.00 bits per heavy atom. The molecule has 4 nitrogen and oxygen atoms in total. The number of Topliss-reactive ketones (excluding diaryl/α,β-unsaturated/α-hetero) is 1. The Morgan fingerprint density at radius 1 is 1.50 bits per heavy atom. The third kappa shape index (κ3) is 1.42. The van der Waals surface area contributed by atoms with Crippen LogP contribution in [0, 0.1) is 16.7 Å². The zero-order valence-electron chi connectivity index (χ0n) is 7.59. The van der Waals surface area contributed by atoms with Gasteiger partial charge in [0.05, 0.1) is 6.10 Å². The van der Waals surface area contributed by atoms with E-state index in [1.165, 1.54) is 0 Å². The molecule has 1 saturated carbocycles. The quantitative estimate of drug-likeness (QED) is 0.635. The summed E-state index contributed by atoms with van der Waals surface area (Å²) in [6.45, 7) is 0. The second kappa shape index (κ2) is 3.46. The first-order valence-corrected chi connectivity index (χ1v) is 4.66. The molecule has 0 heterocycles. The average Bonchev–Trinajstić information content (AvgIpc) is 2.23. The topological polar surface area (TPSA) is 66.7 Å². The summed E-state index contributed by atoms with van der Waals surface area (Å²) < 4.78 is 0. The van der Waals surface area contributed by atoms with Gasteiger partial charge in [-0.3, -0.25) is 4.79 Å². The van der Waals surface area contributed by atoms with E-state index < -0.39 is 6.10 Å². The van der Waals surface area contributed by atoms with E-state index in [0.717, 1.165) is 0 Å². The molecule has 0 aliphatic heterocycles. The molecule has 1 fully saturated rings. The van der Waals surface area contributed by atoms with Crippen molar-refractivity contribution in [1.29, 1.82) is 0 Å². The maximum atomic E-state index is 11.5. The van der Waals surface area contributed by atoms with E-state index in [-0.39, 0.29) is 17.6 Å². The molecule has 3 unspecified atom stereocenters. The fraction of sp³-hybridized carbons (Fsp3) is 0.500. The molecule has 0 bridgehead atoms. The van der Waals surface area contributed by atoms with Gasteiger partial charge in [-0.1, -0.05) is 6.08 Å². The first-order valence-electron chi connectivity index (χ1n) is 4.66. The Hall–Kier alpha value is -1.29. The van der Waals surface area contributed by atoms with E-state index in [4.69, 9.17) is 0 Å². The van der Waals surface area contributed by atoms with Crippen LogP contribution in [0.2, 0.25) is 0 Å². The number of aliphatic hydroxyl groups is 1. The van der Waals surface area contributed by atoms with Gasteiger partial charge in [-0.25, -0.2) is 0 Å². The van der Waals surface area contributed by atoms with E-state index in [1.54, 1.807) is 18.2 Å². The molecule has 0 saturated heterocycles. The Balaban J connectivity index is 2.28. The van der Waals surface area contributed by atoms with Gasteiger partial charge in [-0.2, -0.15) is 0 Å². The molecule has 74 valence electrons. The maximum Gasteiger partial charge on any atom is 0.140 e. The third-order valence-corrected chi connectivity index (χ3v) is 2.86. The van der Waals surface area contributed by atoms with E-state index >= 15 is 0 Å². The minimum absolute atomic E-state index is 0.137. The number of rotatable bonds is 1. The van der Waals surface area contributed by atoms with Crippen molar-refractivity contribution in [3.63, 3.8) is 0 Å². The number of carbonyl (C=O) groups excluding carboxylic acids is 1. The molecule has 3 atom stereocenters.